The summed E-state index contributed by atoms with van der Waals surface area (Å²) in [4.78, 5) is 0. The van der Waals surface area contributed by atoms with E-state index in [-0.39, 0.29) is 6.04 Å². The fourth-order valence-electron chi connectivity index (χ4n) is 3.81. The van der Waals surface area contributed by atoms with Crippen LogP contribution in [0.5, 0.6) is 0 Å². The lowest BCUT2D eigenvalue weighted by Gasteiger charge is -2.38. The van der Waals surface area contributed by atoms with E-state index in [0.29, 0.717) is 12.2 Å². The Labute approximate surface area is 113 Å². The first-order valence-electron chi connectivity index (χ1n) is 8.10. The number of rotatable bonds is 4. The van der Waals surface area contributed by atoms with E-state index in [1.807, 2.05) is 0 Å². The average molecular weight is 253 g/mol. The maximum Gasteiger partial charge on any atom is 0.0732 e. The highest BCUT2D eigenvalue weighted by molar-refractivity contribution is 4.85. The Balaban J connectivity index is 1.82. The monoisotopic (exact) mass is 253 g/mol. The van der Waals surface area contributed by atoms with Crippen LogP contribution in [0.25, 0.3) is 0 Å². The summed E-state index contributed by atoms with van der Waals surface area (Å²) in [6, 6.07) is 0.287. The van der Waals surface area contributed by atoms with Crippen molar-refractivity contribution in [2.24, 2.45) is 17.6 Å². The average Bonchev–Trinajstić information content (AvgIpc) is 2.34. The fourth-order valence-corrected chi connectivity index (χ4v) is 3.81. The zero-order valence-electron chi connectivity index (χ0n) is 12.2. The maximum atomic E-state index is 6.37. The van der Waals surface area contributed by atoms with Gasteiger partial charge < -0.3 is 10.5 Å². The molecule has 0 aromatic heterocycles. The highest BCUT2D eigenvalue weighted by Gasteiger charge is 2.31. The van der Waals surface area contributed by atoms with Crippen LogP contribution < -0.4 is 5.73 Å². The van der Waals surface area contributed by atoms with Crippen molar-refractivity contribution in [3.63, 3.8) is 0 Å². The van der Waals surface area contributed by atoms with Gasteiger partial charge in [0.25, 0.3) is 0 Å². The summed E-state index contributed by atoms with van der Waals surface area (Å²) < 4.78 is 6.37. The van der Waals surface area contributed by atoms with Crippen LogP contribution in [0.2, 0.25) is 0 Å². The molecule has 2 N–H and O–H groups in total. The predicted molar refractivity (Wildman–Crippen MR) is 76.5 cm³/mol. The standard InChI is InChI=1S/C16H31NO/c1-3-5-13-8-9-15(17)16(11-13)18-14-7-4-6-12(2)10-14/h12-16H,3-11,17H2,1-2H3. The molecule has 2 fully saturated rings. The second kappa shape index (κ2) is 6.91. The number of nitrogens with two attached hydrogens (primary N) is 1. The minimum absolute atomic E-state index is 0.287. The highest BCUT2D eigenvalue weighted by atomic mass is 16.5. The molecule has 5 unspecified atom stereocenters. The Bertz CT molecular complexity index is 243. The van der Waals surface area contributed by atoms with Crippen LogP contribution in [0.1, 0.15) is 71.6 Å². The topological polar surface area (TPSA) is 35.2 Å². The van der Waals surface area contributed by atoms with Gasteiger partial charge in [-0.1, -0.05) is 39.5 Å². The summed E-state index contributed by atoms with van der Waals surface area (Å²) >= 11 is 0. The van der Waals surface area contributed by atoms with Gasteiger partial charge in [-0.15, -0.1) is 0 Å². The quantitative estimate of drug-likeness (QED) is 0.825. The first kappa shape index (κ1) is 14.3. The van der Waals surface area contributed by atoms with Crippen LogP contribution in [-0.4, -0.2) is 18.2 Å². The molecule has 0 spiro atoms. The van der Waals surface area contributed by atoms with E-state index in [0.717, 1.165) is 18.3 Å². The van der Waals surface area contributed by atoms with Crippen molar-refractivity contribution in [3.8, 4) is 0 Å². The van der Waals surface area contributed by atoms with Gasteiger partial charge in [0, 0.05) is 6.04 Å². The van der Waals surface area contributed by atoms with E-state index in [1.54, 1.807) is 0 Å². The predicted octanol–water partition coefficient (Wildman–Crippen LogP) is 3.88. The largest absolute Gasteiger partial charge is 0.373 e. The lowest BCUT2D eigenvalue weighted by molar-refractivity contribution is -0.0706. The lowest BCUT2D eigenvalue weighted by Crippen LogP contribution is -2.44. The Morgan fingerprint density at radius 2 is 1.94 bits per heavy atom. The van der Waals surface area contributed by atoms with Gasteiger partial charge in [-0.3, -0.25) is 0 Å². The van der Waals surface area contributed by atoms with Crippen molar-refractivity contribution in [3.05, 3.63) is 0 Å². The maximum absolute atomic E-state index is 6.37. The minimum Gasteiger partial charge on any atom is -0.373 e. The van der Waals surface area contributed by atoms with Gasteiger partial charge in [-0.05, 0) is 43.9 Å². The summed E-state index contributed by atoms with van der Waals surface area (Å²) in [7, 11) is 0. The van der Waals surface area contributed by atoms with Gasteiger partial charge in [0.2, 0.25) is 0 Å². The molecule has 0 heterocycles. The van der Waals surface area contributed by atoms with Gasteiger partial charge in [0.15, 0.2) is 0 Å². The highest BCUT2D eigenvalue weighted by Crippen LogP contribution is 2.33. The van der Waals surface area contributed by atoms with Crippen LogP contribution in [0.15, 0.2) is 0 Å². The Kier molecular flexibility index (Phi) is 5.50. The summed E-state index contributed by atoms with van der Waals surface area (Å²) in [5.41, 5.74) is 6.26. The molecule has 0 saturated heterocycles. The summed E-state index contributed by atoms with van der Waals surface area (Å²) in [5.74, 6) is 1.70. The normalized spacial score (nSPS) is 41.8. The molecule has 0 aromatic rings. The van der Waals surface area contributed by atoms with Crippen molar-refractivity contribution < 1.29 is 4.74 Å². The van der Waals surface area contributed by atoms with Gasteiger partial charge in [0.05, 0.1) is 12.2 Å². The molecule has 0 aromatic carbocycles. The molecule has 0 amide bonds. The van der Waals surface area contributed by atoms with E-state index >= 15 is 0 Å². The molecule has 2 aliphatic rings. The van der Waals surface area contributed by atoms with Crippen LogP contribution in [-0.2, 0) is 4.74 Å². The molecule has 106 valence electrons. The lowest BCUT2D eigenvalue weighted by atomic mass is 9.81. The summed E-state index contributed by atoms with van der Waals surface area (Å²) in [5, 5.41) is 0. The van der Waals surface area contributed by atoms with Crippen molar-refractivity contribution in [1.82, 2.24) is 0 Å². The van der Waals surface area contributed by atoms with E-state index in [4.69, 9.17) is 10.5 Å². The van der Waals surface area contributed by atoms with Gasteiger partial charge in [-0.2, -0.15) is 0 Å². The summed E-state index contributed by atoms with van der Waals surface area (Å²) in [6.07, 6.45) is 12.4. The molecule has 2 heteroatoms. The second-order valence-corrected chi connectivity index (χ2v) is 6.70. The molecular formula is C16H31NO. The number of ether oxygens (including phenoxy) is 1. The second-order valence-electron chi connectivity index (χ2n) is 6.70. The Morgan fingerprint density at radius 1 is 1.11 bits per heavy atom. The van der Waals surface area contributed by atoms with Crippen molar-refractivity contribution >= 4 is 0 Å². The first-order chi connectivity index (χ1) is 8.69. The summed E-state index contributed by atoms with van der Waals surface area (Å²) in [6.45, 7) is 4.64. The van der Waals surface area contributed by atoms with Crippen molar-refractivity contribution in [1.29, 1.82) is 0 Å². The SMILES string of the molecule is CCCC1CCC(N)C(OC2CCCC(C)C2)C1. The molecule has 0 radical (unpaired) electrons. The fraction of sp³-hybridized carbons (Fsp3) is 1.00. The van der Waals surface area contributed by atoms with Gasteiger partial charge >= 0.3 is 0 Å². The van der Waals surface area contributed by atoms with E-state index in [2.05, 4.69) is 13.8 Å². The minimum atomic E-state index is 0.287. The molecule has 2 saturated carbocycles. The van der Waals surface area contributed by atoms with Crippen molar-refractivity contribution in [2.75, 3.05) is 0 Å². The van der Waals surface area contributed by atoms with Gasteiger partial charge in [0.1, 0.15) is 0 Å². The first-order valence-corrected chi connectivity index (χ1v) is 8.10. The number of hydrogen-bond acceptors (Lipinski definition) is 2. The third-order valence-corrected chi connectivity index (χ3v) is 4.90. The third-order valence-electron chi connectivity index (χ3n) is 4.90. The molecule has 2 aliphatic carbocycles. The number of hydrogen-bond donors (Lipinski definition) is 1. The van der Waals surface area contributed by atoms with Crippen LogP contribution in [0.4, 0.5) is 0 Å². The van der Waals surface area contributed by atoms with Crippen LogP contribution in [0, 0.1) is 11.8 Å². The van der Waals surface area contributed by atoms with E-state index < -0.39 is 0 Å². The van der Waals surface area contributed by atoms with Crippen LogP contribution in [0.3, 0.4) is 0 Å². The smallest absolute Gasteiger partial charge is 0.0732 e. The molecule has 0 bridgehead atoms. The van der Waals surface area contributed by atoms with Gasteiger partial charge in [-0.25, -0.2) is 0 Å². The third kappa shape index (κ3) is 3.96. The van der Waals surface area contributed by atoms with Crippen molar-refractivity contribution in [2.45, 2.75) is 89.9 Å². The molecular weight excluding hydrogens is 222 g/mol. The van der Waals surface area contributed by atoms with E-state index in [1.165, 1.54) is 51.4 Å². The Hall–Kier alpha value is -0.0800. The molecule has 0 aliphatic heterocycles. The molecule has 2 nitrogen and oxygen atoms in total. The van der Waals surface area contributed by atoms with Crippen LogP contribution >= 0.6 is 0 Å². The van der Waals surface area contributed by atoms with E-state index in [9.17, 15) is 0 Å². The molecule has 2 rings (SSSR count). The zero-order valence-corrected chi connectivity index (χ0v) is 12.2. The molecule has 18 heavy (non-hydrogen) atoms. The zero-order chi connectivity index (χ0) is 13.0. The molecule has 5 atom stereocenters. The Morgan fingerprint density at radius 3 is 2.67 bits per heavy atom.